The quantitative estimate of drug-likeness (QED) is 0.533. The van der Waals surface area contributed by atoms with Crippen LogP contribution in [0.1, 0.15) is 23.6 Å². The first-order valence-electron chi connectivity index (χ1n) is 9.59. The fourth-order valence-electron chi connectivity index (χ4n) is 3.02. The number of amides is 1. The summed E-state index contributed by atoms with van der Waals surface area (Å²) in [5.41, 5.74) is 0.268. The van der Waals surface area contributed by atoms with Gasteiger partial charge in [-0.2, -0.15) is 10.4 Å². The van der Waals surface area contributed by atoms with E-state index in [4.69, 9.17) is 0 Å². The molecule has 0 aliphatic carbocycles. The molecule has 0 saturated carbocycles. The second kappa shape index (κ2) is 9.46. The van der Waals surface area contributed by atoms with E-state index in [1.54, 1.807) is 24.3 Å². The standard InChI is InChI=1S/C22H19N5O5S/c1-14-19(12-23)21(29)27(13-16-6-4-3-5-7-16)22(30)20(14)25-24-17-8-10-18(11-9-17)33(31,32)26-15(2)28/h3-11,29H,13H2,1-2H3,(H,26,28). The molecule has 0 aliphatic heterocycles. The number of pyridine rings is 1. The molecule has 3 rings (SSSR count). The number of nitrogens with zero attached hydrogens (tertiary/aromatic N) is 4. The third-order valence-corrected chi connectivity index (χ3v) is 6.09. The Hall–Kier alpha value is -4.30. The normalized spacial score (nSPS) is 11.3. The third kappa shape index (κ3) is 5.13. The van der Waals surface area contributed by atoms with E-state index in [0.29, 0.717) is 0 Å². The highest BCUT2D eigenvalue weighted by molar-refractivity contribution is 7.90. The number of nitrogens with one attached hydrogen (secondary N) is 1. The number of aromatic hydroxyl groups is 1. The van der Waals surface area contributed by atoms with Gasteiger partial charge >= 0.3 is 0 Å². The van der Waals surface area contributed by atoms with Gasteiger partial charge in [-0.1, -0.05) is 30.3 Å². The van der Waals surface area contributed by atoms with E-state index in [9.17, 15) is 28.4 Å². The van der Waals surface area contributed by atoms with Gasteiger partial charge in [0.1, 0.15) is 11.6 Å². The minimum Gasteiger partial charge on any atom is -0.493 e. The van der Waals surface area contributed by atoms with Gasteiger partial charge < -0.3 is 5.11 Å². The van der Waals surface area contributed by atoms with Crippen LogP contribution in [-0.4, -0.2) is 24.0 Å². The number of aromatic nitrogens is 1. The molecule has 33 heavy (non-hydrogen) atoms. The molecule has 0 spiro atoms. The van der Waals surface area contributed by atoms with Crippen LogP contribution in [0.25, 0.3) is 0 Å². The summed E-state index contributed by atoms with van der Waals surface area (Å²) in [6.45, 7) is 2.59. The molecule has 2 N–H and O–H groups in total. The minimum absolute atomic E-state index is 0.0265. The van der Waals surface area contributed by atoms with Crippen molar-refractivity contribution >= 4 is 27.3 Å². The van der Waals surface area contributed by atoms with Gasteiger partial charge in [0.15, 0.2) is 5.69 Å². The second-order valence-corrected chi connectivity index (χ2v) is 8.70. The van der Waals surface area contributed by atoms with Crippen LogP contribution in [-0.2, 0) is 21.4 Å². The molecule has 0 saturated heterocycles. The highest BCUT2D eigenvalue weighted by Gasteiger charge is 2.19. The van der Waals surface area contributed by atoms with E-state index in [1.807, 2.05) is 16.9 Å². The number of hydrogen-bond acceptors (Lipinski definition) is 8. The van der Waals surface area contributed by atoms with Gasteiger partial charge in [-0.3, -0.25) is 14.2 Å². The Kier molecular flexibility index (Phi) is 6.69. The zero-order valence-electron chi connectivity index (χ0n) is 17.7. The van der Waals surface area contributed by atoms with Gasteiger partial charge in [0.2, 0.25) is 11.8 Å². The van der Waals surface area contributed by atoms with E-state index in [1.165, 1.54) is 31.2 Å². The van der Waals surface area contributed by atoms with Crippen molar-refractivity contribution in [3.63, 3.8) is 0 Å². The van der Waals surface area contributed by atoms with Gasteiger partial charge in [0, 0.05) is 12.5 Å². The SMILES string of the molecule is CC(=O)NS(=O)(=O)c1ccc(N=Nc2c(C)c(C#N)c(O)n(Cc3ccccc3)c2=O)cc1. The molecule has 0 radical (unpaired) electrons. The fourth-order valence-corrected chi connectivity index (χ4v) is 4.01. The molecule has 2 aromatic carbocycles. The van der Waals surface area contributed by atoms with Gasteiger partial charge in [-0.15, -0.1) is 5.11 Å². The second-order valence-electron chi connectivity index (χ2n) is 7.02. The lowest BCUT2D eigenvalue weighted by molar-refractivity contribution is -0.117. The Morgan fingerprint density at radius 1 is 1.12 bits per heavy atom. The van der Waals surface area contributed by atoms with E-state index >= 15 is 0 Å². The summed E-state index contributed by atoms with van der Waals surface area (Å²) in [6.07, 6.45) is 0. The monoisotopic (exact) mass is 465 g/mol. The van der Waals surface area contributed by atoms with Crippen LogP contribution < -0.4 is 10.3 Å². The summed E-state index contributed by atoms with van der Waals surface area (Å²) in [4.78, 5) is 23.9. The molecule has 11 heteroatoms. The van der Waals surface area contributed by atoms with Gasteiger partial charge in [0.25, 0.3) is 15.6 Å². The van der Waals surface area contributed by atoms with Crippen molar-refractivity contribution in [1.29, 1.82) is 5.26 Å². The number of azo groups is 1. The average Bonchev–Trinajstić information content (AvgIpc) is 2.77. The molecule has 3 aromatic rings. The molecular formula is C22H19N5O5S. The van der Waals surface area contributed by atoms with Crippen molar-refractivity contribution in [2.75, 3.05) is 0 Å². The fraction of sp³-hybridized carbons (Fsp3) is 0.136. The van der Waals surface area contributed by atoms with Crippen molar-refractivity contribution < 1.29 is 18.3 Å². The first-order chi connectivity index (χ1) is 15.6. The lowest BCUT2D eigenvalue weighted by Gasteiger charge is -2.13. The van der Waals surface area contributed by atoms with Crippen molar-refractivity contribution in [2.24, 2.45) is 10.2 Å². The van der Waals surface area contributed by atoms with E-state index in [0.717, 1.165) is 17.1 Å². The Labute approximate surface area is 189 Å². The van der Waals surface area contributed by atoms with Crippen molar-refractivity contribution in [2.45, 2.75) is 25.3 Å². The summed E-state index contributed by atoms with van der Waals surface area (Å²) in [5, 5.41) is 27.9. The molecule has 0 atom stereocenters. The van der Waals surface area contributed by atoms with E-state index in [2.05, 4.69) is 10.2 Å². The van der Waals surface area contributed by atoms with Gasteiger partial charge in [0.05, 0.1) is 17.1 Å². The third-order valence-electron chi connectivity index (χ3n) is 4.64. The van der Waals surface area contributed by atoms with Crippen LogP contribution in [0.2, 0.25) is 0 Å². The molecule has 1 heterocycles. The highest BCUT2D eigenvalue weighted by Crippen LogP contribution is 2.27. The summed E-state index contributed by atoms with van der Waals surface area (Å²) in [5.74, 6) is -1.18. The van der Waals surface area contributed by atoms with Crippen LogP contribution in [0.15, 0.2) is 74.5 Å². The zero-order chi connectivity index (χ0) is 24.2. The number of nitriles is 1. The van der Waals surface area contributed by atoms with Crippen LogP contribution in [0.5, 0.6) is 5.88 Å². The smallest absolute Gasteiger partial charge is 0.281 e. The maximum atomic E-state index is 13.0. The predicted octanol–water partition coefficient (Wildman–Crippen LogP) is 3.02. The number of rotatable bonds is 6. The summed E-state index contributed by atoms with van der Waals surface area (Å²) < 4.78 is 26.9. The molecule has 1 aromatic heterocycles. The largest absolute Gasteiger partial charge is 0.493 e. The average molecular weight is 465 g/mol. The van der Waals surface area contributed by atoms with Crippen LogP contribution in [0.3, 0.4) is 0 Å². The number of carbonyl (C=O) groups is 1. The maximum Gasteiger partial charge on any atom is 0.281 e. The van der Waals surface area contributed by atoms with Gasteiger partial charge in [-0.25, -0.2) is 13.1 Å². The molecule has 0 bridgehead atoms. The zero-order valence-corrected chi connectivity index (χ0v) is 18.5. The van der Waals surface area contributed by atoms with Crippen LogP contribution in [0.4, 0.5) is 11.4 Å². The first kappa shape index (κ1) is 23.4. The number of carbonyl (C=O) groups excluding carboxylic acids is 1. The van der Waals surface area contributed by atoms with Crippen molar-refractivity contribution in [3.05, 3.63) is 81.6 Å². The molecule has 0 fully saturated rings. The summed E-state index contributed by atoms with van der Waals surface area (Å²) in [7, 11) is -3.99. The number of benzene rings is 2. The Balaban J connectivity index is 2.00. The maximum absolute atomic E-state index is 13.0. The van der Waals surface area contributed by atoms with E-state index < -0.39 is 27.4 Å². The van der Waals surface area contributed by atoms with Gasteiger partial charge in [-0.05, 0) is 36.8 Å². The Bertz CT molecular complexity index is 1440. The lowest BCUT2D eigenvalue weighted by Crippen LogP contribution is -2.28. The molecule has 168 valence electrons. The molecule has 0 aliphatic rings. The topological polar surface area (TPSA) is 154 Å². The lowest BCUT2D eigenvalue weighted by atomic mass is 10.1. The highest BCUT2D eigenvalue weighted by atomic mass is 32.2. The van der Waals surface area contributed by atoms with Crippen molar-refractivity contribution in [3.8, 4) is 11.9 Å². The van der Waals surface area contributed by atoms with Crippen LogP contribution in [0, 0.1) is 18.3 Å². The minimum atomic E-state index is -3.99. The molecule has 1 amide bonds. The number of sulfonamides is 1. The first-order valence-corrected chi connectivity index (χ1v) is 11.1. The molecule has 0 unspecified atom stereocenters. The molecule has 10 nitrogen and oxygen atoms in total. The summed E-state index contributed by atoms with van der Waals surface area (Å²) >= 11 is 0. The molecular weight excluding hydrogens is 446 g/mol. The Morgan fingerprint density at radius 3 is 2.33 bits per heavy atom. The summed E-state index contributed by atoms with van der Waals surface area (Å²) in [6, 6.07) is 16.0. The van der Waals surface area contributed by atoms with E-state index in [-0.39, 0.29) is 33.9 Å². The number of hydrogen-bond donors (Lipinski definition) is 2. The predicted molar refractivity (Wildman–Crippen MR) is 119 cm³/mol. The van der Waals surface area contributed by atoms with Crippen molar-refractivity contribution in [1.82, 2.24) is 9.29 Å². The Morgan fingerprint density at radius 2 is 1.76 bits per heavy atom. The van der Waals surface area contributed by atoms with Crippen LogP contribution >= 0.6 is 0 Å².